The maximum atomic E-state index is 12.5. The fourth-order valence-electron chi connectivity index (χ4n) is 3.06. The molecule has 0 bridgehead atoms. The topological polar surface area (TPSA) is 58.1 Å². The normalized spacial score (nSPS) is 15.1. The largest absolute Gasteiger partial charge is 0.357 e. The summed E-state index contributed by atoms with van der Waals surface area (Å²) in [5, 5.41) is 12.8. The molecule has 3 rings (SSSR count). The quantitative estimate of drug-likeness (QED) is 0.725. The number of carbonyl (C=O) groups is 1. The van der Waals surface area contributed by atoms with Gasteiger partial charge in [-0.2, -0.15) is 0 Å². The third-order valence-electron chi connectivity index (χ3n) is 4.34. The van der Waals surface area contributed by atoms with E-state index in [1.165, 1.54) is 43.9 Å². The highest BCUT2D eigenvalue weighted by Gasteiger charge is 2.17. The number of rotatable bonds is 7. The van der Waals surface area contributed by atoms with Crippen LogP contribution in [0.1, 0.15) is 39.0 Å². The Balaban J connectivity index is 1.51. The highest BCUT2D eigenvalue weighted by atomic mass is 32.2. The first kappa shape index (κ1) is 18.2. The summed E-state index contributed by atoms with van der Waals surface area (Å²) in [6.07, 6.45) is 6.34. The van der Waals surface area contributed by atoms with Gasteiger partial charge in [0, 0.05) is 18.3 Å². The van der Waals surface area contributed by atoms with E-state index in [4.69, 9.17) is 0 Å². The van der Waals surface area contributed by atoms with E-state index < -0.39 is 0 Å². The molecule has 1 aromatic carbocycles. The number of nitrogens with zero attached hydrogens (tertiary/aromatic N) is 3. The van der Waals surface area contributed by atoms with E-state index >= 15 is 0 Å². The van der Waals surface area contributed by atoms with Crippen molar-refractivity contribution in [3.63, 3.8) is 0 Å². The molecular formula is C18H24N4OS2. The number of carbonyl (C=O) groups excluding carboxylic acids is 1. The van der Waals surface area contributed by atoms with E-state index in [1.807, 2.05) is 37.3 Å². The molecule has 1 heterocycles. The molecule has 0 atom stereocenters. The third-order valence-corrected chi connectivity index (χ3v) is 6.32. The molecule has 0 aliphatic heterocycles. The van der Waals surface area contributed by atoms with Gasteiger partial charge in [-0.1, -0.05) is 60.6 Å². The van der Waals surface area contributed by atoms with Crippen molar-refractivity contribution >= 4 is 39.8 Å². The van der Waals surface area contributed by atoms with Crippen molar-refractivity contribution in [3.8, 4) is 0 Å². The minimum Gasteiger partial charge on any atom is -0.357 e. The molecule has 134 valence electrons. The summed E-state index contributed by atoms with van der Waals surface area (Å²) < 4.78 is 0.843. The lowest BCUT2D eigenvalue weighted by molar-refractivity contribution is -0.116. The van der Waals surface area contributed by atoms with Crippen molar-refractivity contribution in [1.82, 2.24) is 10.2 Å². The zero-order valence-corrected chi connectivity index (χ0v) is 16.1. The zero-order chi connectivity index (χ0) is 17.5. The van der Waals surface area contributed by atoms with Gasteiger partial charge in [-0.25, -0.2) is 0 Å². The molecule has 1 aliphatic rings. The summed E-state index contributed by atoms with van der Waals surface area (Å²) in [4.78, 5) is 14.3. The molecule has 5 nitrogen and oxygen atoms in total. The summed E-state index contributed by atoms with van der Waals surface area (Å²) in [6.45, 7) is 2.65. The Bertz CT molecular complexity index is 671. The maximum absolute atomic E-state index is 12.5. The van der Waals surface area contributed by atoms with E-state index in [-0.39, 0.29) is 5.91 Å². The second-order valence-corrected chi connectivity index (χ2v) is 8.31. The number of aromatic nitrogens is 2. The average molecular weight is 377 g/mol. The van der Waals surface area contributed by atoms with Crippen molar-refractivity contribution in [1.29, 1.82) is 0 Å². The molecule has 1 saturated carbocycles. The lowest BCUT2D eigenvalue weighted by atomic mass is 9.96. The van der Waals surface area contributed by atoms with Gasteiger partial charge in [-0.15, -0.1) is 10.2 Å². The van der Waals surface area contributed by atoms with Crippen LogP contribution in [0.15, 0.2) is 34.7 Å². The van der Waals surface area contributed by atoms with Crippen LogP contribution in [-0.2, 0) is 4.79 Å². The van der Waals surface area contributed by atoms with Crippen molar-refractivity contribution in [2.45, 2.75) is 49.4 Å². The maximum Gasteiger partial charge on any atom is 0.237 e. The van der Waals surface area contributed by atoms with Crippen LogP contribution >= 0.6 is 23.1 Å². The summed E-state index contributed by atoms with van der Waals surface area (Å²) in [7, 11) is 0. The summed E-state index contributed by atoms with van der Waals surface area (Å²) >= 11 is 3.01. The van der Waals surface area contributed by atoms with Gasteiger partial charge in [0.15, 0.2) is 4.34 Å². The Morgan fingerprint density at radius 1 is 1.24 bits per heavy atom. The van der Waals surface area contributed by atoms with Crippen LogP contribution in [0.25, 0.3) is 0 Å². The molecule has 0 unspecified atom stereocenters. The second-order valence-electron chi connectivity index (χ2n) is 6.11. The van der Waals surface area contributed by atoms with Gasteiger partial charge in [0.05, 0.1) is 5.75 Å². The fourth-order valence-corrected chi connectivity index (χ4v) is 4.77. The van der Waals surface area contributed by atoms with Gasteiger partial charge >= 0.3 is 0 Å². The summed E-state index contributed by atoms with van der Waals surface area (Å²) in [6, 6.07) is 10.3. The molecule has 2 aromatic rings. The second kappa shape index (κ2) is 9.20. The van der Waals surface area contributed by atoms with Crippen molar-refractivity contribution < 1.29 is 4.79 Å². The van der Waals surface area contributed by atoms with Crippen LogP contribution in [0.5, 0.6) is 0 Å². The molecule has 25 heavy (non-hydrogen) atoms. The van der Waals surface area contributed by atoms with Crippen LogP contribution < -0.4 is 10.2 Å². The Morgan fingerprint density at radius 3 is 2.72 bits per heavy atom. The number of benzene rings is 1. The zero-order valence-electron chi connectivity index (χ0n) is 14.5. The Labute approximate surface area is 157 Å². The first-order valence-electron chi connectivity index (χ1n) is 8.84. The SMILES string of the molecule is CCN(C(=O)CSc1nnc(NC2CCCCC2)s1)c1ccccc1. The molecule has 1 aliphatic carbocycles. The number of anilines is 2. The first-order chi connectivity index (χ1) is 12.3. The number of hydrogen-bond donors (Lipinski definition) is 1. The monoisotopic (exact) mass is 376 g/mol. The van der Waals surface area contributed by atoms with Gasteiger partial charge in [0.1, 0.15) is 0 Å². The highest BCUT2D eigenvalue weighted by Crippen LogP contribution is 2.28. The van der Waals surface area contributed by atoms with E-state index in [0.29, 0.717) is 18.3 Å². The molecule has 0 saturated heterocycles. The number of nitrogens with one attached hydrogen (secondary N) is 1. The smallest absolute Gasteiger partial charge is 0.237 e. The van der Waals surface area contributed by atoms with Gasteiger partial charge in [0.2, 0.25) is 11.0 Å². The minimum atomic E-state index is 0.0932. The molecule has 0 radical (unpaired) electrons. The molecule has 1 fully saturated rings. The van der Waals surface area contributed by atoms with Gasteiger partial charge in [0.25, 0.3) is 0 Å². The van der Waals surface area contributed by atoms with Crippen molar-refractivity contribution in [2.75, 3.05) is 22.5 Å². The van der Waals surface area contributed by atoms with Crippen LogP contribution in [0.3, 0.4) is 0 Å². The number of para-hydroxylation sites is 1. The van der Waals surface area contributed by atoms with E-state index in [1.54, 1.807) is 16.2 Å². The van der Waals surface area contributed by atoms with Gasteiger partial charge in [-0.05, 0) is 31.9 Å². The Hall–Kier alpha value is -1.60. The van der Waals surface area contributed by atoms with Gasteiger partial charge < -0.3 is 10.2 Å². The molecule has 1 N–H and O–H groups in total. The minimum absolute atomic E-state index is 0.0932. The predicted octanol–water partition coefficient (Wildman–Crippen LogP) is 4.43. The molecule has 1 aromatic heterocycles. The average Bonchev–Trinajstić information content (AvgIpc) is 3.10. The van der Waals surface area contributed by atoms with Crippen molar-refractivity contribution in [3.05, 3.63) is 30.3 Å². The van der Waals surface area contributed by atoms with Crippen LogP contribution in [0, 0.1) is 0 Å². The fraction of sp³-hybridized carbons (Fsp3) is 0.500. The lowest BCUT2D eigenvalue weighted by Gasteiger charge is -2.21. The van der Waals surface area contributed by atoms with E-state index in [0.717, 1.165) is 15.2 Å². The van der Waals surface area contributed by atoms with Crippen molar-refractivity contribution in [2.24, 2.45) is 0 Å². The molecular weight excluding hydrogens is 352 g/mol. The molecule has 0 spiro atoms. The number of hydrogen-bond acceptors (Lipinski definition) is 6. The molecule has 7 heteroatoms. The number of thioether (sulfide) groups is 1. The van der Waals surface area contributed by atoms with Crippen LogP contribution in [0.2, 0.25) is 0 Å². The third kappa shape index (κ3) is 5.19. The predicted molar refractivity (Wildman–Crippen MR) is 106 cm³/mol. The number of amides is 1. The lowest BCUT2D eigenvalue weighted by Crippen LogP contribution is -2.32. The van der Waals surface area contributed by atoms with Crippen LogP contribution in [0.4, 0.5) is 10.8 Å². The van der Waals surface area contributed by atoms with E-state index in [9.17, 15) is 4.79 Å². The molecule has 1 amide bonds. The first-order valence-corrected chi connectivity index (χ1v) is 10.6. The Morgan fingerprint density at radius 2 is 2.00 bits per heavy atom. The van der Waals surface area contributed by atoms with Gasteiger partial charge in [-0.3, -0.25) is 4.79 Å². The summed E-state index contributed by atoms with van der Waals surface area (Å²) in [5.41, 5.74) is 0.938. The highest BCUT2D eigenvalue weighted by molar-refractivity contribution is 8.01. The summed E-state index contributed by atoms with van der Waals surface area (Å²) in [5.74, 6) is 0.469. The Kier molecular flexibility index (Phi) is 6.69. The van der Waals surface area contributed by atoms with Crippen LogP contribution in [-0.4, -0.2) is 34.4 Å². The standard InChI is InChI=1S/C18H24N4OS2/c1-2-22(15-11-7-4-8-12-15)16(23)13-24-18-21-20-17(25-18)19-14-9-5-3-6-10-14/h4,7-8,11-12,14H,2-3,5-6,9-10,13H2,1H3,(H,19,20). The van der Waals surface area contributed by atoms with E-state index in [2.05, 4.69) is 15.5 Å².